The third-order valence-electron chi connectivity index (χ3n) is 3.69. The van der Waals surface area contributed by atoms with Crippen LogP contribution in [0.25, 0.3) is 0 Å². The number of piperidine rings is 1. The van der Waals surface area contributed by atoms with Crippen molar-refractivity contribution >= 4 is 10.1 Å². The van der Waals surface area contributed by atoms with Crippen molar-refractivity contribution in [1.82, 2.24) is 4.90 Å². The Labute approximate surface area is 128 Å². The van der Waals surface area contributed by atoms with Crippen molar-refractivity contribution in [1.29, 1.82) is 0 Å². The van der Waals surface area contributed by atoms with Crippen LogP contribution < -0.4 is 0 Å². The Kier molecular flexibility index (Phi) is 5.14. The molecule has 22 heavy (non-hydrogen) atoms. The summed E-state index contributed by atoms with van der Waals surface area (Å²) in [6, 6.07) is 9.70. The van der Waals surface area contributed by atoms with Gasteiger partial charge in [-0.2, -0.15) is 21.6 Å². The van der Waals surface area contributed by atoms with Gasteiger partial charge in [0.15, 0.2) is 0 Å². The van der Waals surface area contributed by atoms with Crippen LogP contribution >= 0.6 is 0 Å². The second-order valence-corrected chi connectivity index (χ2v) is 7.08. The van der Waals surface area contributed by atoms with Gasteiger partial charge in [0, 0.05) is 19.6 Å². The first-order valence-electron chi connectivity index (χ1n) is 6.95. The van der Waals surface area contributed by atoms with E-state index in [1.54, 1.807) is 6.92 Å². The van der Waals surface area contributed by atoms with Crippen LogP contribution in [-0.2, 0) is 20.8 Å². The highest BCUT2D eigenvalue weighted by Gasteiger charge is 2.49. The second-order valence-electron chi connectivity index (χ2n) is 5.52. The van der Waals surface area contributed by atoms with Gasteiger partial charge in [-0.1, -0.05) is 37.3 Å². The Hall–Kier alpha value is -1.12. The summed E-state index contributed by atoms with van der Waals surface area (Å²) in [6.45, 7) is 3.38. The fourth-order valence-corrected chi connectivity index (χ4v) is 3.28. The van der Waals surface area contributed by atoms with E-state index in [0.717, 1.165) is 5.56 Å². The molecule has 1 aromatic carbocycles. The molecule has 0 aromatic heterocycles. The zero-order valence-corrected chi connectivity index (χ0v) is 12.9. The number of rotatable bonds is 4. The van der Waals surface area contributed by atoms with E-state index in [1.807, 2.05) is 30.3 Å². The van der Waals surface area contributed by atoms with Gasteiger partial charge in [0.2, 0.25) is 0 Å². The lowest BCUT2D eigenvalue weighted by molar-refractivity contribution is -0.0626. The molecule has 1 aromatic rings. The maximum atomic E-state index is 12.4. The van der Waals surface area contributed by atoms with E-state index in [2.05, 4.69) is 9.08 Å². The van der Waals surface area contributed by atoms with Crippen molar-refractivity contribution in [3.05, 3.63) is 35.9 Å². The second kappa shape index (κ2) is 6.55. The summed E-state index contributed by atoms with van der Waals surface area (Å²) >= 11 is 0. The SMILES string of the molecule is CC1CN(Cc2ccccc2)CCC1OS(=O)(=O)C(F)(F)F. The Bertz CT molecular complexity index is 589. The summed E-state index contributed by atoms with van der Waals surface area (Å²) in [6.07, 6.45) is -0.679. The quantitative estimate of drug-likeness (QED) is 0.626. The molecule has 1 aliphatic heterocycles. The molecule has 4 nitrogen and oxygen atoms in total. The number of hydrogen-bond acceptors (Lipinski definition) is 4. The van der Waals surface area contributed by atoms with Crippen molar-refractivity contribution < 1.29 is 25.8 Å². The molecular formula is C14H18F3NO3S. The van der Waals surface area contributed by atoms with Gasteiger partial charge >= 0.3 is 15.6 Å². The first kappa shape index (κ1) is 17.2. The van der Waals surface area contributed by atoms with Gasteiger partial charge in [0.05, 0.1) is 6.10 Å². The predicted molar refractivity (Wildman–Crippen MR) is 75.3 cm³/mol. The smallest absolute Gasteiger partial charge is 0.299 e. The van der Waals surface area contributed by atoms with Crippen molar-refractivity contribution in [2.75, 3.05) is 13.1 Å². The first-order chi connectivity index (χ1) is 10.2. The number of benzene rings is 1. The molecule has 0 spiro atoms. The number of halogens is 3. The normalized spacial score (nSPS) is 24.4. The van der Waals surface area contributed by atoms with E-state index in [9.17, 15) is 21.6 Å². The summed E-state index contributed by atoms with van der Waals surface area (Å²) in [4.78, 5) is 2.08. The maximum Gasteiger partial charge on any atom is 0.523 e. The summed E-state index contributed by atoms with van der Waals surface area (Å²) < 4.78 is 63.6. The Morgan fingerprint density at radius 2 is 1.91 bits per heavy atom. The number of hydrogen-bond donors (Lipinski definition) is 0. The highest BCUT2D eigenvalue weighted by atomic mass is 32.2. The molecule has 2 atom stereocenters. The zero-order valence-electron chi connectivity index (χ0n) is 12.1. The molecule has 0 bridgehead atoms. The summed E-state index contributed by atoms with van der Waals surface area (Å²) in [5, 5.41) is 0. The van der Waals surface area contributed by atoms with Crippen LogP contribution in [0, 0.1) is 5.92 Å². The van der Waals surface area contributed by atoms with Crippen LogP contribution in [0.1, 0.15) is 18.9 Å². The van der Waals surface area contributed by atoms with Crippen LogP contribution in [0.2, 0.25) is 0 Å². The fraction of sp³-hybridized carbons (Fsp3) is 0.571. The van der Waals surface area contributed by atoms with E-state index in [-0.39, 0.29) is 12.3 Å². The monoisotopic (exact) mass is 337 g/mol. The van der Waals surface area contributed by atoms with Crippen LogP contribution in [-0.4, -0.2) is 38.0 Å². The van der Waals surface area contributed by atoms with Gasteiger partial charge < -0.3 is 0 Å². The van der Waals surface area contributed by atoms with Crippen LogP contribution in [0.5, 0.6) is 0 Å². The minimum atomic E-state index is -5.53. The average molecular weight is 337 g/mol. The Balaban J connectivity index is 1.93. The summed E-state index contributed by atoms with van der Waals surface area (Å²) in [7, 11) is -5.53. The number of likely N-dealkylation sites (tertiary alicyclic amines) is 1. The topological polar surface area (TPSA) is 46.6 Å². The fourth-order valence-electron chi connectivity index (χ4n) is 2.56. The molecule has 0 radical (unpaired) electrons. The van der Waals surface area contributed by atoms with Crippen molar-refractivity contribution in [3.63, 3.8) is 0 Å². The lowest BCUT2D eigenvalue weighted by Crippen LogP contribution is -2.44. The largest absolute Gasteiger partial charge is 0.523 e. The van der Waals surface area contributed by atoms with Gasteiger partial charge in [-0.05, 0) is 17.9 Å². The van der Waals surface area contributed by atoms with Crippen LogP contribution in [0.4, 0.5) is 13.2 Å². The molecule has 2 rings (SSSR count). The van der Waals surface area contributed by atoms with E-state index < -0.39 is 21.7 Å². The van der Waals surface area contributed by atoms with Gasteiger partial charge in [0.25, 0.3) is 0 Å². The highest BCUT2D eigenvalue weighted by Crippen LogP contribution is 2.30. The predicted octanol–water partition coefficient (Wildman–Crippen LogP) is 2.76. The van der Waals surface area contributed by atoms with Gasteiger partial charge in [-0.3, -0.25) is 9.08 Å². The van der Waals surface area contributed by atoms with Crippen molar-refractivity contribution in [2.24, 2.45) is 5.92 Å². The molecule has 8 heteroatoms. The molecule has 0 amide bonds. The Morgan fingerprint density at radius 1 is 1.27 bits per heavy atom. The molecule has 1 fully saturated rings. The van der Waals surface area contributed by atoms with Gasteiger partial charge in [-0.15, -0.1) is 0 Å². The van der Waals surface area contributed by atoms with E-state index >= 15 is 0 Å². The highest BCUT2D eigenvalue weighted by molar-refractivity contribution is 7.87. The van der Waals surface area contributed by atoms with E-state index in [4.69, 9.17) is 0 Å². The van der Waals surface area contributed by atoms with Crippen molar-refractivity contribution in [3.8, 4) is 0 Å². The molecule has 1 heterocycles. The zero-order chi connectivity index (χ0) is 16.4. The van der Waals surface area contributed by atoms with E-state index in [0.29, 0.717) is 19.6 Å². The summed E-state index contributed by atoms with van der Waals surface area (Å²) in [5.74, 6) is -0.297. The van der Waals surface area contributed by atoms with Crippen molar-refractivity contribution in [2.45, 2.75) is 31.5 Å². The van der Waals surface area contributed by atoms with E-state index in [1.165, 1.54) is 0 Å². The molecule has 0 N–H and O–H groups in total. The first-order valence-corrected chi connectivity index (χ1v) is 8.36. The molecular weight excluding hydrogens is 319 g/mol. The molecule has 0 saturated carbocycles. The molecule has 124 valence electrons. The lowest BCUT2D eigenvalue weighted by atomic mass is 9.96. The van der Waals surface area contributed by atoms with Gasteiger partial charge in [-0.25, -0.2) is 0 Å². The molecule has 1 aliphatic rings. The lowest BCUT2D eigenvalue weighted by Gasteiger charge is -2.36. The number of alkyl halides is 3. The minimum absolute atomic E-state index is 0.253. The third-order valence-corrected chi connectivity index (χ3v) is 4.76. The number of nitrogens with zero attached hydrogens (tertiary/aromatic N) is 1. The van der Waals surface area contributed by atoms with Gasteiger partial charge in [0.1, 0.15) is 0 Å². The average Bonchev–Trinajstić information content (AvgIpc) is 2.42. The van der Waals surface area contributed by atoms with Crippen LogP contribution in [0.15, 0.2) is 30.3 Å². The third kappa shape index (κ3) is 4.21. The molecule has 1 saturated heterocycles. The summed E-state index contributed by atoms with van der Waals surface area (Å²) in [5.41, 5.74) is -4.26. The molecule has 2 unspecified atom stereocenters. The standard InChI is InChI=1S/C14H18F3NO3S/c1-11-9-18(10-12-5-3-2-4-6-12)8-7-13(11)21-22(19,20)14(15,16)17/h2-6,11,13H,7-10H2,1H3. The maximum absolute atomic E-state index is 12.4. The Morgan fingerprint density at radius 3 is 2.45 bits per heavy atom. The van der Waals surface area contributed by atoms with Crippen LogP contribution in [0.3, 0.4) is 0 Å². The molecule has 0 aliphatic carbocycles. The minimum Gasteiger partial charge on any atom is -0.299 e.